The molecular weight excluding hydrogens is 179 g/mol. The van der Waals surface area contributed by atoms with E-state index in [1.807, 2.05) is 13.8 Å². The molecule has 14 heavy (non-hydrogen) atoms. The van der Waals surface area contributed by atoms with E-state index in [1.54, 1.807) is 0 Å². The van der Waals surface area contributed by atoms with Crippen LogP contribution in [0.25, 0.3) is 0 Å². The van der Waals surface area contributed by atoms with Gasteiger partial charge in [0, 0.05) is 11.8 Å². The third-order valence-corrected chi connectivity index (χ3v) is 3.11. The highest BCUT2D eigenvalue weighted by Crippen LogP contribution is 2.35. The number of hydrogen-bond acceptors (Lipinski definition) is 3. The zero-order chi connectivity index (χ0) is 10.7. The molecule has 0 heterocycles. The summed E-state index contributed by atoms with van der Waals surface area (Å²) in [5, 5.41) is 18.1. The molecule has 0 spiro atoms. The van der Waals surface area contributed by atoms with E-state index in [2.05, 4.69) is 0 Å². The summed E-state index contributed by atoms with van der Waals surface area (Å²) >= 11 is 0. The Balaban J connectivity index is 2.51. The molecule has 1 saturated carbocycles. The molecule has 2 unspecified atom stereocenters. The van der Waals surface area contributed by atoms with E-state index in [0.29, 0.717) is 6.42 Å². The van der Waals surface area contributed by atoms with Gasteiger partial charge in [-0.05, 0) is 18.7 Å². The van der Waals surface area contributed by atoms with Gasteiger partial charge in [-0.15, -0.1) is 0 Å². The number of ketones is 1. The van der Waals surface area contributed by atoms with Gasteiger partial charge in [-0.2, -0.15) is 0 Å². The van der Waals surface area contributed by atoms with E-state index in [1.165, 1.54) is 0 Å². The number of rotatable bonds is 3. The third-order valence-electron chi connectivity index (χ3n) is 3.11. The molecule has 0 aliphatic heterocycles. The van der Waals surface area contributed by atoms with Crippen molar-refractivity contribution in [2.24, 2.45) is 11.8 Å². The standard InChI is InChI=1S/C10H19BO3/c1-7(2)10(12)8-4-3-5-9(6-8)11(13)14/h7-9,13-14H,3-6H2,1-2H3. The van der Waals surface area contributed by atoms with Crippen molar-refractivity contribution in [1.82, 2.24) is 0 Å². The summed E-state index contributed by atoms with van der Waals surface area (Å²) in [6, 6.07) is 0. The maximum absolute atomic E-state index is 11.7. The first-order chi connectivity index (χ1) is 6.52. The molecule has 0 radical (unpaired) electrons. The van der Waals surface area contributed by atoms with Crippen LogP contribution in [0.15, 0.2) is 0 Å². The average molecular weight is 198 g/mol. The Kier molecular flexibility index (Phi) is 4.14. The van der Waals surface area contributed by atoms with Crippen LogP contribution in [0.4, 0.5) is 0 Å². The van der Waals surface area contributed by atoms with Crippen molar-refractivity contribution in [2.75, 3.05) is 0 Å². The molecule has 0 saturated heterocycles. The van der Waals surface area contributed by atoms with Gasteiger partial charge in [-0.3, -0.25) is 4.79 Å². The number of carbonyl (C=O) groups excluding carboxylic acids is 1. The highest BCUT2D eigenvalue weighted by Gasteiger charge is 2.33. The van der Waals surface area contributed by atoms with E-state index in [0.717, 1.165) is 19.3 Å². The van der Waals surface area contributed by atoms with Crippen LogP contribution in [0, 0.1) is 11.8 Å². The molecular formula is C10H19BO3. The van der Waals surface area contributed by atoms with Crippen molar-refractivity contribution in [3.05, 3.63) is 0 Å². The average Bonchev–Trinajstić information content (AvgIpc) is 2.16. The van der Waals surface area contributed by atoms with Crippen LogP contribution < -0.4 is 0 Å². The molecule has 1 fully saturated rings. The summed E-state index contributed by atoms with van der Waals surface area (Å²) in [6.45, 7) is 3.81. The van der Waals surface area contributed by atoms with Gasteiger partial charge in [-0.1, -0.05) is 26.7 Å². The van der Waals surface area contributed by atoms with Gasteiger partial charge in [0.2, 0.25) is 0 Å². The minimum absolute atomic E-state index is 0.0514. The van der Waals surface area contributed by atoms with E-state index in [9.17, 15) is 4.79 Å². The molecule has 1 aliphatic rings. The summed E-state index contributed by atoms with van der Waals surface area (Å²) in [6.07, 6.45) is 3.33. The highest BCUT2D eigenvalue weighted by molar-refractivity contribution is 6.43. The zero-order valence-corrected chi connectivity index (χ0v) is 8.94. The second kappa shape index (κ2) is 4.94. The fourth-order valence-corrected chi connectivity index (χ4v) is 2.23. The van der Waals surface area contributed by atoms with Gasteiger partial charge < -0.3 is 10.0 Å². The maximum Gasteiger partial charge on any atom is 0.454 e. The second-order valence-electron chi connectivity index (χ2n) is 4.59. The molecule has 1 rings (SSSR count). The zero-order valence-electron chi connectivity index (χ0n) is 8.94. The topological polar surface area (TPSA) is 57.5 Å². The number of Topliss-reactive ketones (excluding diaryl/α,β-unsaturated/α-hetero) is 1. The molecule has 0 amide bonds. The lowest BCUT2D eigenvalue weighted by Gasteiger charge is -2.28. The third kappa shape index (κ3) is 2.82. The predicted octanol–water partition coefficient (Wildman–Crippen LogP) is 1.24. The summed E-state index contributed by atoms with van der Waals surface area (Å²) in [5.41, 5.74) is 0. The first-order valence-electron chi connectivity index (χ1n) is 5.42. The van der Waals surface area contributed by atoms with Crippen LogP contribution >= 0.6 is 0 Å². The fraction of sp³-hybridized carbons (Fsp3) is 0.900. The van der Waals surface area contributed by atoms with Crippen LogP contribution in [0.2, 0.25) is 5.82 Å². The van der Waals surface area contributed by atoms with Crippen molar-refractivity contribution in [2.45, 2.75) is 45.3 Å². The summed E-state index contributed by atoms with van der Waals surface area (Å²) in [5.74, 6) is 0.289. The molecule has 3 nitrogen and oxygen atoms in total. The monoisotopic (exact) mass is 198 g/mol. The van der Waals surface area contributed by atoms with Crippen molar-refractivity contribution in [1.29, 1.82) is 0 Å². The lowest BCUT2D eigenvalue weighted by atomic mass is 9.61. The van der Waals surface area contributed by atoms with Gasteiger partial charge in [0.15, 0.2) is 0 Å². The van der Waals surface area contributed by atoms with E-state index < -0.39 is 7.12 Å². The van der Waals surface area contributed by atoms with Crippen LogP contribution in [0.3, 0.4) is 0 Å². The van der Waals surface area contributed by atoms with Crippen LogP contribution in [-0.4, -0.2) is 22.9 Å². The highest BCUT2D eigenvalue weighted by atomic mass is 16.4. The van der Waals surface area contributed by atoms with Crippen molar-refractivity contribution < 1.29 is 14.8 Å². The fourth-order valence-electron chi connectivity index (χ4n) is 2.23. The Morgan fingerprint density at radius 3 is 2.50 bits per heavy atom. The van der Waals surface area contributed by atoms with E-state index >= 15 is 0 Å². The molecule has 2 N–H and O–H groups in total. The first kappa shape index (κ1) is 11.7. The molecule has 0 aromatic heterocycles. The molecule has 1 aliphatic carbocycles. The van der Waals surface area contributed by atoms with Gasteiger partial charge in [0.1, 0.15) is 5.78 Å². The van der Waals surface area contributed by atoms with Crippen LogP contribution in [0.5, 0.6) is 0 Å². The van der Waals surface area contributed by atoms with Gasteiger partial charge >= 0.3 is 7.12 Å². The summed E-state index contributed by atoms with van der Waals surface area (Å²) in [4.78, 5) is 11.7. The van der Waals surface area contributed by atoms with E-state index in [4.69, 9.17) is 10.0 Å². The van der Waals surface area contributed by atoms with Crippen molar-refractivity contribution in [3.63, 3.8) is 0 Å². The van der Waals surface area contributed by atoms with Gasteiger partial charge in [-0.25, -0.2) is 0 Å². The molecule has 4 heteroatoms. The van der Waals surface area contributed by atoms with Gasteiger partial charge in [0.25, 0.3) is 0 Å². The van der Waals surface area contributed by atoms with Gasteiger partial charge in [0.05, 0.1) is 0 Å². The molecule has 0 aromatic rings. The first-order valence-corrected chi connectivity index (χ1v) is 5.42. The SMILES string of the molecule is CC(C)C(=O)C1CCCC(B(O)O)C1. The minimum atomic E-state index is -1.25. The quantitative estimate of drug-likeness (QED) is 0.671. The smallest absolute Gasteiger partial charge is 0.427 e. The minimum Gasteiger partial charge on any atom is -0.427 e. The van der Waals surface area contributed by atoms with E-state index in [-0.39, 0.29) is 23.4 Å². The van der Waals surface area contributed by atoms with Crippen LogP contribution in [-0.2, 0) is 4.79 Å². The second-order valence-corrected chi connectivity index (χ2v) is 4.59. The largest absolute Gasteiger partial charge is 0.454 e. The lowest BCUT2D eigenvalue weighted by molar-refractivity contribution is -0.126. The number of carbonyl (C=O) groups is 1. The normalized spacial score (nSPS) is 27.8. The molecule has 0 bridgehead atoms. The Labute approximate surface area is 85.7 Å². The number of hydrogen-bond donors (Lipinski definition) is 2. The predicted molar refractivity (Wildman–Crippen MR) is 55.7 cm³/mol. The Hall–Kier alpha value is -0.345. The van der Waals surface area contributed by atoms with Crippen LogP contribution in [0.1, 0.15) is 39.5 Å². The Morgan fingerprint density at radius 1 is 1.36 bits per heavy atom. The maximum atomic E-state index is 11.7. The van der Waals surface area contributed by atoms with Crippen molar-refractivity contribution >= 4 is 12.9 Å². The molecule has 2 atom stereocenters. The summed E-state index contributed by atoms with van der Waals surface area (Å²) in [7, 11) is -1.25. The summed E-state index contributed by atoms with van der Waals surface area (Å²) < 4.78 is 0. The molecule has 0 aromatic carbocycles. The van der Waals surface area contributed by atoms with Crippen molar-refractivity contribution in [3.8, 4) is 0 Å². The Bertz CT molecular complexity index is 204. The molecule has 80 valence electrons. The Morgan fingerprint density at radius 2 is 2.00 bits per heavy atom. The lowest BCUT2D eigenvalue weighted by Crippen LogP contribution is -2.30.